The van der Waals surface area contributed by atoms with E-state index in [9.17, 15) is 0 Å². The molecule has 0 atom stereocenters. The maximum Gasteiger partial charge on any atom is 0.229 e. The molecule has 1 aromatic rings. The molecule has 1 aliphatic heterocycles. The van der Waals surface area contributed by atoms with Crippen molar-refractivity contribution in [2.75, 3.05) is 13.1 Å². The number of hydrogen-bond donors (Lipinski definition) is 1. The molecule has 114 valence electrons. The highest BCUT2D eigenvalue weighted by Crippen LogP contribution is 2.60. The van der Waals surface area contributed by atoms with Gasteiger partial charge in [-0.15, -0.1) is 0 Å². The number of piperidine rings is 1. The summed E-state index contributed by atoms with van der Waals surface area (Å²) in [5, 5.41) is 7.88. The van der Waals surface area contributed by atoms with E-state index in [1.165, 1.54) is 38.5 Å². The minimum Gasteiger partial charge on any atom is -0.339 e. The van der Waals surface area contributed by atoms with E-state index in [2.05, 4.69) is 10.5 Å². The molecule has 1 aromatic heterocycles. The maximum atomic E-state index is 5.70. The molecule has 0 spiro atoms. The third kappa shape index (κ3) is 1.98. The van der Waals surface area contributed by atoms with Gasteiger partial charge < -0.3 is 9.84 Å². The lowest BCUT2D eigenvalue weighted by molar-refractivity contribution is -0.0103. The molecule has 0 amide bonds. The predicted molar refractivity (Wildman–Crippen MR) is 79.0 cm³/mol. The first-order valence-corrected chi connectivity index (χ1v) is 8.85. The van der Waals surface area contributed by atoms with Gasteiger partial charge in [-0.3, -0.25) is 0 Å². The Morgan fingerprint density at radius 1 is 0.952 bits per heavy atom. The van der Waals surface area contributed by atoms with Crippen molar-refractivity contribution < 1.29 is 4.52 Å². The fraction of sp³-hybridized carbons (Fsp3) is 0.882. The number of nitrogens with one attached hydrogen (secondary N) is 1. The molecule has 2 heterocycles. The summed E-state index contributed by atoms with van der Waals surface area (Å²) < 4.78 is 5.70. The molecule has 1 saturated heterocycles. The summed E-state index contributed by atoms with van der Waals surface area (Å²) in [5.74, 6) is 5.30. The summed E-state index contributed by atoms with van der Waals surface area (Å²) in [6.45, 7) is 2.17. The molecule has 5 fully saturated rings. The van der Waals surface area contributed by atoms with Crippen molar-refractivity contribution in [2.24, 2.45) is 17.8 Å². The Kier molecular flexibility index (Phi) is 2.73. The molecule has 4 aliphatic carbocycles. The highest BCUT2D eigenvalue weighted by atomic mass is 16.5. The molecule has 4 saturated carbocycles. The predicted octanol–water partition coefficient (Wildman–Crippen LogP) is 3.00. The summed E-state index contributed by atoms with van der Waals surface area (Å²) in [6.07, 6.45) is 10.7. The fourth-order valence-corrected chi connectivity index (χ4v) is 6.07. The Bertz CT molecular complexity index is 497. The highest BCUT2D eigenvalue weighted by Gasteiger charge is 2.53. The van der Waals surface area contributed by atoms with Crippen LogP contribution in [0.4, 0.5) is 0 Å². The van der Waals surface area contributed by atoms with Crippen LogP contribution < -0.4 is 5.32 Å². The van der Waals surface area contributed by atoms with Crippen LogP contribution >= 0.6 is 0 Å². The van der Waals surface area contributed by atoms with Gasteiger partial charge in [-0.2, -0.15) is 4.98 Å². The second-order valence-corrected chi connectivity index (χ2v) is 8.18. The monoisotopic (exact) mass is 287 g/mol. The van der Waals surface area contributed by atoms with Gasteiger partial charge in [0.05, 0.1) is 0 Å². The van der Waals surface area contributed by atoms with Crippen molar-refractivity contribution in [3.8, 4) is 0 Å². The Morgan fingerprint density at radius 2 is 1.57 bits per heavy atom. The van der Waals surface area contributed by atoms with Gasteiger partial charge in [0, 0.05) is 11.3 Å². The molecule has 1 N–H and O–H groups in total. The molecule has 4 heteroatoms. The van der Waals surface area contributed by atoms with E-state index in [1.807, 2.05) is 0 Å². The third-order valence-electron chi connectivity index (χ3n) is 6.64. The third-order valence-corrected chi connectivity index (χ3v) is 6.64. The van der Waals surface area contributed by atoms with E-state index in [1.54, 1.807) is 0 Å². The quantitative estimate of drug-likeness (QED) is 0.908. The van der Waals surface area contributed by atoms with Crippen LogP contribution in [0.2, 0.25) is 0 Å². The lowest BCUT2D eigenvalue weighted by Gasteiger charge is -2.55. The molecule has 6 rings (SSSR count). The standard InChI is InChI=1S/C17H25N3O/c1-3-18-4-2-14(1)15-19-16(20-21-15)17-8-11-5-12(9-17)7-13(6-11)10-17/h11-14,18H,1-10H2. The van der Waals surface area contributed by atoms with Crippen molar-refractivity contribution in [2.45, 2.75) is 62.7 Å². The van der Waals surface area contributed by atoms with Crippen LogP contribution in [0.1, 0.15) is 69.0 Å². The molecule has 4 bridgehead atoms. The maximum absolute atomic E-state index is 5.70. The topological polar surface area (TPSA) is 51.0 Å². The molecule has 21 heavy (non-hydrogen) atoms. The molecule has 5 aliphatic rings. The normalized spacial score (nSPS) is 42.6. The van der Waals surface area contributed by atoms with Crippen molar-refractivity contribution >= 4 is 0 Å². The van der Waals surface area contributed by atoms with Crippen LogP contribution in [0.15, 0.2) is 4.52 Å². The van der Waals surface area contributed by atoms with Crippen LogP contribution in [0, 0.1) is 17.8 Å². The first kappa shape index (κ1) is 12.6. The van der Waals surface area contributed by atoms with Gasteiger partial charge in [0.15, 0.2) is 5.82 Å². The van der Waals surface area contributed by atoms with Crippen molar-refractivity contribution in [1.29, 1.82) is 0 Å². The van der Waals surface area contributed by atoms with Crippen molar-refractivity contribution in [1.82, 2.24) is 15.5 Å². The van der Waals surface area contributed by atoms with E-state index in [4.69, 9.17) is 9.51 Å². The molecule has 0 radical (unpaired) electrons. The first-order valence-electron chi connectivity index (χ1n) is 8.85. The Morgan fingerprint density at radius 3 is 2.19 bits per heavy atom. The lowest BCUT2D eigenvalue weighted by atomic mass is 9.49. The minimum absolute atomic E-state index is 0.281. The summed E-state index contributed by atoms with van der Waals surface area (Å²) in [4.78, 5) is 4.92. The highest BCUT2D eigenvalue weighted by molar-refractivity contribution is 5.17. The van der Waals surface area contributed by atoms with E-state index >= 15 is 0 Å². The van der Waals surface area contributed by atoms with Gasteiger partial charge in [-0.25, -0.2) is 0 Å². The smallest absolute Gasteiger partial charge is 0.229 e. The lowest BCUT2D eigenvalue weighted by Crippen LogP contribution is -2.49. The Labute approximate surface area is 126 Å². The van der Waals surface area contributed by atoms with Crippen molar-refractivity contribution in [3.63, 3.8) is 0 Å². The molecular weight excluding hydrogens is 262 g/mol. The Balaban J connectivity index is 1.44. The number of aromatic nitrogens is 2. The van der Waals surface area contributed by atoms with Gasteiger partial charge in [0.1, 0.15) is 0 Å². The van der Waals surface area contributed by atoms with Crippen LogP contribution in [0.5, 0.6) is 0 Å². The van der Waals surface area contributed by atoms with E-state index < -0.39 is 0 Å². The second-order valence-electron chi connectivity index (χ2n) is 8.18. The number of nitrogens with zero attached hydrogens (tertiary/aromatic N) is 2. The average molecular weight is 287 g/mol. The average Bonchev–Trinajstić information content (AvgIpc) is 2.97. The molecule has 0 aromatic carbocycles. The summed E-state index contributed by atoms with van der Waals surface area (Å²) in [5.41, 5.74) is 0.281. The second kappa shape index (κ2) is 4.55. The van der Waals surface area contributed by atoms with Crippen molar-refractivity contribution in [3.05, 3.63) is 11.7 Å². The van der Waals surface area contributed by atoms with E-state index in [-0.39, 0.29) is 5.41 Å². The fourth-order valence-electron chi connectivity index (χ4n) is 6.07. The van der Waals surface area contributed by atoms with Crippen LogP contribution in [-0.2, 0) is 5.41 Å². The van der Waals surface area contributed by atoms with E-state index in [0.29, 0.717) is 5.92 Å². The van der Waals surface area contributed by atoms with Gasteiger partial charge in [-0.1, -0.05) is 5.16 Å². The summed E-state index contributed by atoms with van der Waals surface area (Å²) in [7, 11) is 0. The largest absolute Gasteiger partial charge is 0.339 e. The van der Waals surface area contributed by atoms with Gasteiger partial charge >= 0.3 is 0 Å². The SMILES string of the molecule is C1CC(c2nc(C34CC5CC(CC(C5)C3)C4)no2)CCN1. The zero-order valence-corrected chi connectivity index (χ0v) is 12.7. The Hall–Kier alpha value is -0.900. The van der Waals surface area contributed by atoms with Crippen LogP contribution in [-0.4, -0.2) is 23.2 Å². The van der Waals surface area contributed by atoms with Crippen LogP contribution in [0.25, 0.3) is 0 Å². The summed E-state index contributed by atoms with van der Waals surface area (Å²) in [6, 6.07) is 0. The van der Waals surface area contributed by atoms with E-state index in [0.717, 1.165) is 55.4 Å². The number of hydrogen-bond acceptors (Lipinski definition) is 4. The van der Waals surface area contributed by atoms with Crippen LogP contribution in [0.3, 0.4) is 0 Å². The molecule has 4 nitrogen and oxygen atoms in total. The molecule has 0 unspecified atom stereocenters. The van der Waals surface area contributed by atoms with Gasteiger partial charge in [0.25, 0.3) is 0 Å². The van der Waals surface area contributed by atoms with Gasteiger partial charge in [0.2, 0.25) is 5.89 Å². The zero-order chi connectivity index (χ0) is 13.9. The number of rotatable bonds is 2. The minimum atomic E-state index is 0.281. The molecular formula is C17H25N3O. The first-order chi connectivity index (χ1) is 10.3. The zero-order valence-electron chi connectivity index (χ0n) is 12.7. The van der Waals surface area contributed by atoms with Gasteiger partial charge in [-0.05, 0) is 82.2 Å². The summed E-state index contributed by atoms with van der Waals surface area (Å²) >= 11 is 0.